The Morgan fingerprint density at radius 2 is 2.03 bits per heavy atom. The Morgan fingerprint density at radius 1 is 1.24 bits per heavy atom. The van der Waals surface area contributed by atoms with Gasteiger partial charge in [0.2, 0.25) is 11.8 Å². The lowest BCUT2D eigenvalue weighted by atomic mass is 9.91. The van der Waals surface area contributed by atoms with Crippen molar-refractivity contribution in [3.8, 4) is 0 Å². The Morgan fingerprint density at radius 3 is 2.74 bits per heavy atom. The van der Waals surface area contributed by atoms with Crippen LogP contribution in [0.25, 0.3) is 0 Å². The van der Waals surface area contributed by atoms with Gasteiger partial charge >= 0.3 is 0 Å². The van der Waals surface area contributed by atoms with Gasteiger partial charge in [0.05, 0.1) is 17.9 Å². The molecule has 38 heavy (non-hydrogen) atoms. The number of nitrogens with zero attached hydrogens (tertiary/aromatic N) is 4. The molecule has 0 bridgehead atoms. The van der Waals surface area contributed by atoms with Gasteiger partial charge in [-0.3, -0.25) is 19.5 Å². The number of rotatable bonds is 6. The molecule has 2 atom stereocenters. The molecular formula is C29H39F2N5O2. The molecule has 0 radical (unpaired) electrons. The number of hydrogen-bond acceptors (Lipinski definition) is 5. The molecule has 0 aliphatic carbocycles. The van der Waals surface area contributed by atoms with Gasteiger partial charge in [0.1, 0.15) is 11.6 Å². The van der Waals surface area contributed by atoms with E-state index in [9.17, 15) is 18.4 Å². The van der Waals surface area contributed by atoms with E-state index >= 15 is 0 Å². The maximum atomic E-state index is 14.3. The van der Waals surface area contributed by atoms with E-state index in [1.54, 1.807) is 11.1 Å². The van der Waals surface area contributed by atoms with E-state index in [1.807, 2.05) is 11.0 Å². The number of benzene rings is 1. The molecule has 0 saturated carbocycles. The lowest BCUT2D eigenvalue weighted by Crippen LogP contribution is -2.60. The number of halogens is 2. The average Bonchev–Trinajstić information content (AvgIpc) is 3.36. The summed E-state index contributed by atoms with van der Waals surface area (Å²) in [5.74, 6) is -1.02. The summed E-state index contributed by atoms with van der Waals surface area (Å²) in [6, 6.07) is 5.82. The van der Waals surface area contributed by atoms with Crippen LogP contribution < -0.4 is 10.2 Å². The second kappa shape index (κ2) is 11.1. The van der Waals surface area contributed by atoms with Crippen LogP contribution in [0.4, 0.5) is 14.5 Å². The van der Waals surface area contributed by atoms with Crippen molar-refractivity contribution in [1.29, 1.82) is 0 Å². The van der Waals surface area contributed by atoms with E-state index in [0.717, 1.165) is 49.1 Å². The van der Waals surface area contributed by atoms with Crippen molar-refractivity contribution in [2.24, 2.45) is 0 Å². The number of aromatic nitrogens is 1. The molecule has 9 heteroatoms. The minimum absolute atomic E-state index is 0. The highest BCUT2D eigenvalue weighted by Crippen LogP contribution is 2.40. The average molecular weight is 528 g/mol. The first-order valence-electron chi connectivity index (χ1n) is 13.1. The number of nitrogens with one attached hydrogen (secondary N) is 1. The van der Waals surface area contributed by atoms with Crippen molar-refractivity contribution < 1.29 is 18.4 Å². The molecule has 1 N–H and O–H groups in total. The van der Waals surface area contributed by atoms with Gasteiger partial charge in [-0.2, -0.15) is 0 Å². The summed E-state index contributed by atoms with van der Waals surface area (Å²) in [6.07, 6.45) is 3.48. The maximum absolute atomic E-state index is 14.3. The molecule has 1 aromatic heterocycles. The summed E-state index contributed by atoms with van der Waals surface area (Å²) in [7, 11) is 0. The number of amides is 2. The number of likely N-dealkylation sites (tertiary alicyclic amines) is 1. The van der Waals surface area contributed by atoms with Gasteiger partial charge in [-0.1, -0.05) is 27.3 Å². The molecular weight excluding hydrogens is 488 g/mol. The summed E-state index contributed by atoms with van der Waals surface area (Å²) in [5, 5.41) is 3.49. The Hall–Kier alpha value is -2.91. The van der Waals surface area contributed by atoms with E-state index in [0.29, 0.717) is 25.1 Å². The predicted octanol–water partition coefficient (Wildman–Crippen LogP) is 3.50. The highest BCUT2D eigenvalue weighted by atomic mass is 19.1. The molecule has 206 valence electrons. The van der Waals surface area contributed by atoms with Crippen LogP contribution in [0, 0.1) is 11.6 Å². The largest absolute Gasteiger partial charge is 0.341 e. The minimum Gasteiger partial charge on any atom is -0.341 e. The standard InChI is InChI=1S/C28H35F2N5O2.CH4/c1-18-14-34(22(13-31-18)15-33-8-4-5-25(33)36)16-26(37)35-17-28(2,3)27-24(35)10-19(12-32-27)9-20-6-7-21(29)11-23(20)30;/h6-7,10-12,18,22,31H,4-5,8-9,13-17H2,1-3H3;1H4/t18-,22-;/m1./s1. The normalized spacial score (nSPS) is 22.9. The van der Waals surface area contributed by atoms with Crippen molar-refractivity contribution in [3.63, 3.8) is 0 Å². The summed E-state index contributed by atoms with van der Waals surface area (Å²) in [5.41, 5.74) is 2.43. The van der Waals surface area contributed by atoms with Crippen LogP contribution in [0.5, 0.6) is 0 Å². The van der Waals surface area contributed by atoms with E-state index in [1.165, 1.54) is 12.1 Å². The van der Waals surface area contributed by atoms with Gasteiger partial charge in [-0.15, -0.1) is 0 Å². The molecule has 2 saturated heterocycles. The summed E-state index contributed by atoms with van der Waals surface area (Å²) in [6.45, 7) is 9.88. The topological polar surface area (TPSA) is 68.8 Å². The zero-order valence-corrected chi connectivity index (χ0v) is 21.8. The molecule has 1 aromatic carbocycles. The number of pyridine rings is 1. The molecule has 0 spiro atoms. The lowest BCUT2D eigenvalue weighted by molar-refractivity contribution is -0.128. The van der Waals surface area contributed by atoms with E-state index in [2.05, 4.69) is 36.0 Å². The Labute approximate surface area is 224 Å². The van der Waals surface area contributed by atoms with Crippen LogP contribution in [-0.2, 0) is 21.4 Å². The third-order valence-corrected chi connectivity index (χ3v) is 7.79. The number of fused-ring (bicyclic) bond motifs is 1. The SMILES string of the molecule is C.C[C@@H]1CN(CC(=O)N2CC(C)(C)c3ncc(Cc4ccc(F)cc4F)cc32)[C@@H](CN2CCCC2=O)CN1. The first-order chi connectivity index (χ1) is 17.6. The molecule has 0 unspecified atom stereocenters. The van der Waals surface area contributed by atoms with Gasteiger partial charge in [0.25, 0.3) is 0 Å². The number of carbonyl (C=O) groups excluding carboxylic acids is 2. The number of anilines is 1. The molecule has 3 aliphatic heterocycles. The highest BCUT2D eigenvalue weighted by molar-refractivity contribution is 5.97. The molecule has 2 fully saturated rings. The van der Waals surface area contributed by atoms with Gasteiger partial charge in [0.15, 0.2) is 0 Å². The highest BCUT2D eigenvalue weighted by Gasteiger charge is 2.41. The smallest absolute Gasteiger partial charge is 0.241 e. The van der Waals surface area contributed by atoms with E-state index in [4.69, 9.17) is 0 Å². The van der Waals surface area contributed by atoms with Crippen LogP contribution >= 0.6 is 0 Å². The third kappa shape index (κ3) is 5.73. The quantitative estimate of drug-likeness (QED) is 0.623. The molecule has 5 rings (SSSR count). The van der Waals surface area contributed by atoms with Crippen molar-refractivity contribution in [3.05, 3.63) is 58.9 Å². The Balaban J connectivity index is 0.00000336. The monoisotopic (exact) mass is 527 g/mol. The molecule has 4 heterocycles. The van der Waals surface area contributed by atoms with Crippen molar-refractivity contribution in [2.75, 3.05) is 44.2 Å². The summed E-state index contributed by atoms with van der Waals surface area (Å²) in [4.78, 5) is 36.6. The number of piperazine rings is 1. The molecule has 7 nitrogen and oxygen atoms in total. The second-order valence-corrected chi connectivity index (χ2v) is 11.3. The Kier molecular flexibility index (Phi) is 8.18. The number of carbonyl (C=O) groups is 2. The molecule has 2 aromatic rings. The lowest BCUT2D eigenvalue weighted by Gasteiger charge is -2.41. The predicted molar refractivity (Wildman–Crippen MR) is 144 cm³/mol. The Bertz CT molecular complexity index is 1200. The fraction of sp³-hybridized carbons (Fsp3) is 0.552. The second-order valence-electron chi connectivity index (χ2n) is 11.3. The minimum atomic E-state index is -0.610. The van der Waals surface area contributed by atoms with Gasteiger partial charge < -0.3 is 15.1 Å². The van der Waals surface area contributed by atoms with Crippen LogP contribution in [0.3, 0.4) is 0 Å². The zero-order chi connectivity index (χ0) is 26.3. The molecule has 3 aliphatic rings. The summed E-state index contributed by atoms with van der Waals surface area (Å²) >= 11 is 0. The van der Waals surface area contributed by atoms with Crippen LogP contribution in [-0.4, -0.2) is 78.0 Å². The molecule has 2 amide bonds. The fourth-order valence-corrected chi connectivity index (χ4v) is 5.80. The van der Waals surface area contributed by atoms with Crippen molar-refractivity contribution in [2.45, 2.75) is 65.0 Å². The van der Waals surface area contributed by atoms with Crippen molar-refractivity contribution in [1.82, 2.24) is 20.1 Å². The third-order valence-electron chi connectivity index (χ3n) is 7.79. The van der Waals surface area contributed by atoms with Gasteiger partial charge in [0, 0.05) is 75.3 Å². The van der Waals surface area contributed by atoms with Gasteiger partial charge in [-0.25, -0.2) is 8.78 Å². The van der Waals surface area contributed by atoms with Gasteiger partial charge in [-0.05, 0) is 36.6 Å². The van der Waals surface area contributed by atoms with E-state index in [-0.39, 0.29) is 49.7 Å². The van der Waals surface area contributed by atoms with Crippen molar-refractivity contribution >= 4 is 17.5 Å². The van der Waals surface area contributed by atoms with Crippen LogP contribution in [0.15, 0.2) is 30.5 Å². The first-order valence-corrected chi connectivity index (χ1v) is 13.1. The number of hydrogen-bond donors (Lipinski definition) is 1. The fourth-order valence-electron chi connectivity index (χ4n) is 5.80. The zero-order valence-electron chi connectivity index (χ0n) is 21.8. The van der Waals surface area contributed by atoms with E-state index < -0.39 is 11.6 Å². The first kappa shape index (κ1) is 28.1. The van der Waals surface area contributed by atoms with Crippen LogP contribution in [0.1, 0.15) is 57.9 Å². The summed E-state index contributed by atoms with van der Waals surface area (Å²) < 4.78 is 27.6. The maximum Gasteiger partial charge on any atom is 0.241 e. The van der Waals surface area contributed by atoms with Crippen LogP contribution in [0.2, 0.25) is 0 Å².